The first kappa shape index (κ1) is 26.6. The molecule has 1 atom stereocenters. The van der Waals surface area contributed by atoms with Gasteiger partial charge >= 0.3 is 0 Å². The molecular weight excluding hydrogens is 482 g/mol. The van der Waals surface area contributed by atoms with Gasteiger partial charge in [-0.05, 0) is 55.7 Å². The lowest BCUT2D eigenvalue weighted by Crippen LogP contribution is -2.52. The minimum absolute atomic E-state index is 0.145. The van der Waals surface area contributed by atoms with Crippen LogP contribution in [0.2, 0.25) is 0 Å². The summed E-state index contributed by atoms with van der Waals surface area (Å²) in [5.41, 5.74) is 0.902. The summed E-state index contributed by atoms with van der Waals surface area (Å²) in [5, 5.41) is 13.9. The third kappa shape index (κ3) is 5.03. The zero-order valence-corrected chi connectivity index (χ0v) is 23.4. The first-order chi connectivity index (χ1) is 18.4. The van der Waals surface area contributed by atoms with E-state index >= 15 is 0 Å². The van der Waals surface area contributed by atoms with E-state index in [4.69, 9.17) is 9.47 Å². The van der Waals surface area contributed by atoms with Crippen LogP contribution in [0.5, 0.6) is 11.5 Å². The van der Waals surface area contributed by atoms with Gasteiger partial charge in [-0.25, -0.2) is 4.68 Å². The van der Waals surface area contributed by atoms with Crippen LogP contribution in [0.25, 0.3) is 10.9 Å². The van der Waals surface area contributed by atoms with Gasteiger partial charge in [0, 0.05) is 49.2 Å². The molecule has 1 saturated heterocycles. The van der Waals surface area contributed by atoms with Crippen LogP contribution in [0, 0.1) is 0 Å². The number of aromatic amines is 1. The summed E-state index contributed by atoms with van der Waals surface area (Å²) in [5.74, 6) is 1.90. The Labute approximate surface area is 224 Å². The van der Waals surface area contributed by atoms with Crippen LogP contribution in [-0.2, 0) is 5.54 Å². The molecule has 38 heavy (non-hydrogen) atoms. The quantitative estimate of drug-likeness (QED) is 0.477. The van der Waals surface area contributed by atoms with E-state index in [2.05, 4.69) is 51.1 Å². The number of piperazine rings is 1. The normalized spacial score (nSPS) is 19.1. The van der Waals surface area contributed by atoms with E-state index in [-0.39, 0.29) is 17.1 Å². The summed E-state index contributed by atoms with van der Waals surface area (Å²) in [4.78, 5) is 21.8. The van der Waals surface area contributed by atoms with Crippen molar-refractivity contribution in [3.8, 4) is 11.5 Å². The topological polar surface area (TPSA) is 101 Å². The first-order valence-electron chi connectivity index (χ1n) is 13.9. The summed E-state index contributed by atoms with van der Waals surface area (Å²) >= 11 is 0. The Kier molecular flexibility index (Phi) is 7.72. The van der Waals surface area contributed by atoms with Gasteiger partial charge in [0.25, 0.3) is 5.56 Å². The number of ether oxygens (including phenoxy) is 2. The average Bonchev–Trinajstić information content (AvgIpc) is 3.44. The lowest BCUT2D eigenvalue weighted by Gasteiger charge is -2.43. The van der Waals surface area contributed by atoms with Gasteiger partial charge in [0.15, 0.2) is 17.3 Å². The summed E-state index contributed by atoms with van der Waals surface area (Å²) in [7, 11) is 3.21. The second-order valence-electron chi connectivity index (χ2n) is 11.2. The van der Waals surface area contributed by atoms with Crippen LogP contribution in [-0.4, -0.2) is 81.4 Å². The molecule has 0 unspecified atom stereocenters. The van der Waals surface area contributed by atoms with Crippen LogP contribution >= 0.6 is 0 Å². The number of benzene rings is 1. The number of H-pyrrole nitrogens is 1. The smallest absolute Gasteiger partial charge is 0.253 e. The van der Waals surface area contributed by atoms with Crippen LogP contribution in [0.4, 0.5) is 0 Å². The molecule has 3 aromatic rings. The van der Waals surface area contributed by atoms with Crippen molar-refractivity contribution in [1.29, 1.82) is 0 Å². The number of methoxy groups -OCH3 is 2. The molecule has 1 saturated carbocycles. The summed E-state index contributed by atoms with van der Waals surface area (Å²) < 4.78 is 12.9. The van der Waals surface area contributed by atoms with Crippen molar-refractivity contribution in [3.63, 3.8) is 0 Å². The number of pyridine rings is 1. The van der Waals surface area contributed by atoms with Crippen molar-refractivity contribution in [2.75, 3.05) is 40.4 Å². The number of nitrogens with zero attached hydrogens (tertiary/aromatic N) is 6. The molecule has 0 bridgehead atoms. The van der Waals surface area contributed by atoms with E-state index in [9.17, 15) is 4.79 Å². The standard InChI is InChI=1S/C28H41N7O3/c1-6-28(2,3)35-26(30-31-32-35)25(34-14-12-33(13-15-34)20-10-8-7-9-11-20)21-16-19-17-23(37-4)24(38-5)18-22(19)29-27(21)36/h16-18,20,25H,6-15H2,1-5H3,(H,29,36)/t25-/m0/s1. The van der Waals surface area contributed by atoms with Gasteiger partial charge in [-0.15, -0.1) is 5.10 Å². The Morgan fingerprint density at radius 2 is 1.71 bits per heavy atom. The molecule has 0 radical (unpaired) electrons. The Balaban J connectivity index is 1.56. The second kappa shape index (κ2) is 11.0. The third-order valence-electron chi connectivity index (χ3n) is 8.65. The zero-order valence-electron chi connectivity index (χ0n) is 23.4. The van der Waals surface area contributed by atoms with Gasteiger partial charge in [0.2, 0.25) is 0 Å². The summed E-state index contributed by atoms with van der Waals surface area (Å²) in [6.45, 7) is 10.1. The molecular formula is C28H41N7O3. The molecule has 0 amide bonds. The van der Waals surface area contributed by atoms with Gasteiger partial charge in [0.05, 0.1) is 25.3 Å². The molecule has 1 N–H and O–H groups in total. The number of fused-ring (bicyclic) bond motifs is 1. The first-order valence-corrected chi connectivity index (χ1v) is 13.9. The second-order valence-corrected chi connectivity index (χ2v) is 11.2. The maximum Gasteiger partial charge on any atom is 0.253 e. The lowest BCUT2D eigenvalue weighted by atomic mass is 9.93. The molecule has 5 rings (SSSR count). The SMILES string of the molecule is CCC(C)(C)n1nnnc1[C@H](c1cc2cc(OC)c(OC)cc2[nH]c1=O)N1CCN(C2CCCCC2)CC1. The highest BCUT2D eigenvalue weighted by atomic mass is 16.5. The Morgan fingerprint density at radius 3 is 2.37 bits per heavy atom. The Morgan fingerprint density at radius 1 is 1.03 bits per heavy atom. The fraction of sp³-hybridized carbons (Fsp3) is 0.643. The number of nitrogens with one attached hydrogen (secondary N) is 1. The molecule has 1 aromatic carbocycles. The molecule has 2 aliphatic rings. The van der Waals surface area contributed by atoms with E-state index in [1.165, 1.54) is 32.1 Å². The number of hydrogen-bond acceptors (Lipinski definition) is 8. The molecule has 1 aliphatic heterocycles. The highest BCUT2D eigenvalue weighted by molar-refractivity contribution is 5.83. The van der Waals surface area contributed by atoms with Gasteiger partial charge < -0.3 is 14.5 Å². The lowest BCUT2D eigenvalue weighted by molar-refractivity contribution is 0.0603. The highest BCUT2D eigenvalue weighted by Crippen LogP contribution is 2.35. The Bertz CT molecular complexity index is 1300. The van der Waals surface area contributed by atoms with E-state index in [1.807, 2.05) is 22.9 Å². The van der Waals surface area contributed by atoms with E-state index in [0.29, 0.717) is 34.4 Å². The molecule has 206 valence electrons. The maximum absolute atomic E-state index is 13.7. The van der Waals surface area contributed by atoms with E-state index in [0.717, 1.165) is 38.0 Å². The summed E-state index contributed by atoms with van der Waals surface area (Å²) in [6.07, 6.45) is 7.46. The molecule has 1 aliphatic carbocycles. The molecule has 2 fully saturated rings. The minimum atomic E-state index is -0.370. The monoisotopic (exact) mass is 523 g/mol. The van der Waals surface area contributed by atoms with Gasteiger partial charge in [-0.2, -0.15) is 0 Å². The van der Waals surface area contributed by atoms with E-state index in [1.54, 1.807) is 14.2 Å². The average molecular weight is 524 g/mol. The van der Waals surface area contributed by atoms with E-state index < -0.39 is 0 Å². The van der Waals surface area contributed by atoms with Crippen LogP contribution < -0.4 is 15.0 Å². The predicted molar refractivity (Wildman–Crippen MR) is 147 cm³/mol. The van der Waals surface area contributed by atoms with Crippen LogP contribution in [0.3, 0.4) is 0 Å². The van der Waals surface area contributed by atoms with Gasteiger partial charge in [0.1, 0.15) is 6.04 Å². The van der Waals surface area contributed by atoms with Crippen molar-refractivity contribution in [3.05, 3.63) is 39.9 Å². The number of hydrogen-bond donors (Lipinski definition) is 1. The molecule has 2 aromatic heterocycles. The van der Waals surface area contributed by atoms with Crippen molar-refractivity contribution in [1.82, 2.24) is 35.0 Å². The Hall–Kier alpha value is -2.98. The van der Waals surface area contributed by atoms with Crippen molar-refractivity contribution in [2.45, 2.75) is 76.9 Å². The predicted octanol–water partition coefficient (Wildman–Crippen LogP) is 3.72. The largest absolute Gasteiger partial charge is 0.493 e. The van der Waals surface area contributed by atoms with Crippen molar-refractivity contribution < 1.29 is 9.47 Å². The third-order valence-corrected chi connectivity index (χ3v) is 8.65. The molecule has 3 heterocycles. The van der Waals surface area contributed by atoms with Crippen molar-refractivity contribution in [2.24, 2.45) is 0 Å². The van der Waals surface area contributed by atoms with Crippen molar-refractivity contribution >= 4 is 10.9 Å². The number of tetrazole rings is 1. The molecule has 10 heteroatoms. The van der Waals surface area contributed by atoms with Gasteiger partial charge in [-0.1, -0.05) is 26.2 Å². The molecule has 10 nitrogen and oxygen atoms in total. The number of rotatable bonds is 8. The highest BCUT2D eigenvalue weighted by Gasteiger charge is 2.36. The van der Waals surface area contributed by atoms with Crippen LogP contribution in [0.15, 0.2) is 23.0 Å². The fourth-order valence-corrected chi connectivity index (χ4v) is 6.00. The maximum atomic E-state index is 13.7. The number of aromatic nitrogens is 5. The summed E-state index contributed by atoms with van der Waals surface area (Å²) in [6, 6.07) is 5.99. The van der Waals surface area contributed by atoms with Gasteiger partial charge in [-0.3, -0.25) is 14.6 Å². The molecule has 0 spiro atoms. The van der Waals surface area contributed by atoms with Crippen LogP contribution in [0.1, 0.15) is 76.7 Å². The zero-order chi connectivity index (χ0) is 26.9. The minimum Gasteiger partial charge on any atom is -0.493 e. The fourth-order valence-electron chi connectivity index (χ4n) is 6.00.